The van der Waals surface area contributed by atoms with Gasteiger partial charge in [-0.05, 0) is 43.9 Å². The van der Waals surface area contributed by atoms with Crippen molar-refractivity contribution in [1.29, 1.82) is 0 Å². The van der Waals surface area contributed by atoms with Crippen molar-refractivity contribution in [3.05, 3.63) is 41.2 Å². The lowest BCUT2D eigenvalue weighted by molar-refractivity contribution is 0.332. The summed E-state index contributed by atoms with van der Waals surface area (Å²) in [6.07, 6.45) is 4.47. The number of methoxy groups -OCH3 is 1. The van der Waals surface area contributed by atoms with Gasteiger partial charge in [0.05, 0.1) is 19.3 Å². The van der Waals surface area contributed by atoms with E-state index in [1.54, 1.807) is 25.4 Å². The first-order chi connectivity index (χ1) is 11.4. The van der Waals surface area contributed by atoms with E-state index in [9.17, 15) is 8.42 Å². The van der Waals surface area contributed by atoms with Crippen molar-refractivity contribution in [2.75, 3.05) is 14.2 Å². The van der Waals surface area contributed by atoms with Crippen LogP contribution in [-0.2, 0) is 23.5 Å². The summed E-state index contributed by atoms with van der Waals surface area (Å²) in [5, 5.41) is 4.30. The fraction of sp³-hybridized carbons (Fsp3) is 0.471. The van der Waals surface area contributed by atoms with Gasteiger partial charge in [0.1, 0.15) is 10.6 Å². The van der Waals surface area contributed by atoms with E-state index in [2.05, 4.69) is 5.10 Å². The van der Waals surface area contributed by atoms with Gasteiger partial charge < -0.3 is 4.74 Å². The Morgan fingerprint density at radius 2 is 2.12 bits per heavy atom. The Morgan fingerprint density at radius 3 is 2.83 bits per heavy atom. The largest absolute Gasteiger partial charge is 0.495 e. The van der Waals surface area contributed by atoms with E-state index in [1.165, 1.54) is 11.4 Å². The van der Waals surface area contributed by atoms with E-state index in [4.69, 9.17) is 4.74 Å². The van der Waals surface area contributed by atoms with Crippen LogP contribution >= 0.6 is 0 Å². The lowest BCUT2D eigenvalue weighted by atomic mass is 9.93. The van der Waals surface area contributed by atoms with Crippen molar-refractivity contribution in [3.63, 3.8) is 0 Å². The van der Waals surface area contributed by atoms with E-state index in [0.717, 1.165) is 36.1 Å². The molecule has 6 nitrogen and oxygen atoms in total. The maximum Gasteiger partial charge on any atom is 0.247 e. The average Bonchev–Trinajstić information content (AvgIpc) is 2.95. The van der Waals surface area contributed by atoms with Crippen LogP contribution in [0.25, 0.3) is 0 Å². The van der Waals surface area contributed by atoms with Crippen LogP contribution in [0, 0.1) is 6.92 Å². The molecule has 0 bridgehead atoms. The maximum atomic E-state index is 13.2. The van der Waals surface area contributed by atoms with Crippen LogP contribution in [0.3, 0.4) is 0 Å². The molecule has 0 amide bonds. The van der Waals surface area contributed by atoms with Gasteiger partial charge in [-0.2, -0.15) is 9.40 Å². The van der Waals surface area contributed by atoms with Crippen molar-refractivity contribution in [2.24, 2.45) is 7.05 Å². The van der Waals surface area contributed by atoms with Gasteiger partial charge in [-0.3, -0.25) is 4.68 Å². The molecule has 0 aliphatic heterocycles. The third-order valence-corrected chi connectivity index (χ3v) is 6.65. The fourth-order valence-corrected chi connectivity index (χ4v) is 4.97. The molecule has 2 aromatic rings. The first-order valence-corrected chi connectivity index (χ1v) is 9.43. The highest BCUT2D eigenvalue weighted by atomic mass is 32.2. The number of hydrogen-bond acceptors (Lipinski definition) is 4. The summed E-state index contributed by atoms with van der Waals surface area (Å²) < 4.78 is 35.0. The lowest BCUT2D eigenvalue weighted by Gasteiger charge is -2.31. The maximum absolute atomic E-state index is 13.2. The molecule has 0 fully saturated rings. The highest BCUT2D eigenvalue weighted by Crippen LogP contribution is 2.37. The first kappa shape index (κ1) is 17.0. The van der Waals surface area contributed by atoms with Crippen molar-refractivity contribution < 1.29 is 13.2 Å². The zero-order valence-electron chi connectivity index (χ0n) is 14.5. The zero-order valence-corrected chi connectivity index (χ0v) is 15.3. The molecule has 1 aromatic carbocycles. The van der Waals surface area contributed by atoms with Gasteiger partial charge in [0.15, 0.2) is 0 Å². The number of aryl methyl sites for hydroxylation is 2. The molecule has 1 aromatic heterocycles. The number of sulfonamides is 1. The molecule has 1 aliphatic rings. The van der Waals surface area contributed by atoms with Gasteiger partial charge in [0.25, 0.3) is 0 Å². The van der Waals surface area contributed by atoms with Crippen LogP contribution in [0.4, 0.5) is 0 Å². The minimum Gasteiger partial charge on any atom is -0.495 e. The molecule has 1 heterocycles. The second-order valence-electron chi connectivity index (χ2n) is 6.25. The smallest absolute Gasteiger partial charge is 0.247 e. The standard InChI is InChI=1S/C17H23N3O3S/c1-12-8-9-16(23-4)17(10-12)24(21,22)20(3)15-7-5-6-14-13(15)11-18-19(14)2/h8-11,15H,5-7H2,1-4H3/t15-/m1/s1. The molecule has 130 valence electrons. The highest BCUT2D eigenvalue weighted by molar-refractivity contribution is 7.89. The van der Waals surface area contributed by atoms with Gasteiger partial charge in [-0.25, -0.2) is 8.42 Å². The first-order valence-electron chi connectivity index (χ1n) is 7.99. The van der Waals surface area contributed by atoms with Crippen LogP contribution in [0.5, 0.6) is 5.75 Å². The zero-order chi connectivity index (χ0) is 17.5. The third-order valence-electron chi connectivity index (χ3n) is 4.76. The van der Waals surface area contributed by atoms with Gasteiger partial charge >= 0.3 is 0 Å². The Bertz CT molecular complexity index is 858. The summed E-state index contributed by atoms with van der Waals surface area (Å²) in [6, 6.07) is 5.01. The molecule has 3 rings (SSSR count). The van der Waals surface area contributed by atoms with Crippen LogP contribution in [0.2, 0.25) is 0 Å². The minimum atomic E-state index is -3.67. The normalized spacial score (nSPS) is 17.8. The van der Waals surface area contributed by atoms with E-state index in [0.29, 0.717) is 5.75 Å². The molecule has 7 heteroatoms. The lowest BCUT2D eigenvalue weighted by Crippen LogP contribution is -2.33. The molecule has 24 heavy (non-hydrogen) atoms. The quantitative estimate of drug-likeness (QED) is 0.850. The average molecular weight is 349 g/mol. The van der Waals surface area contributed by atoms with Crippen LogP contribution in [0.1, 0.15) is 35.7 Å². The van der Waals surface area contributed by atoms with Gasteiger partial charge in [-0.1, -0.05) is 6.07 Å². The predicted octanol–water partition coefficient (Wildman–Crippen LogP) is 2.44. The molecule has 0 unspecified atom stereocenters. The summed E-state index contributed by atoms with van der Waals surface area (Å²) in [4.78, 5) is 0.212. The minimum absolute atomic E-state index is 0.197. The van der Waals surface area contributed by atoms with Crippen LogP contribution < -0.4 is 4.74 Å². The molecule has 0 radical (unpaired) electrons. The molecule has 0 spiro atoms. The summed E-state index contributed by atoms with van der Waals surface area (Å²) in [7, 11) is 1.37. The van der Waals surface area contributed by atoms with Crippen molar-refractivity contribution in [3.8, 4) is 5.75 Å². The Kier molecular flexibility index (Phi) is 4.40. The van der Waals surface area contributed by atoms with E-state index in [1.807, 2.05) is 24.7 Å². The highest BCUT2D eigenvalue weighted by Gasteiger charge is 2.35. The Balaban J connectivity index is 2.04. The van der Waals surface area contributed by atoms with Gasteiger partial charge in [0, 0.05) is 25.4 Å². The predicted molar refractivity (Wildman–Crippen MR) is 91.6 cm³/mol. The molecular weight excluding hydrogens is 326 g/mol. The monoisotopic (exact) mass is 349 g/mol. The molecular formula is C17H23N3O3S. The molecule has 0 N–H and O–H groups in total. The van der Waals surface area contributed by atoms with Crippen molar-refractivity contribution in [1.82, 2.24) is 14.1 Å². The van der Waals surface area contributed by atoms with Crippen LogP contribution in [-0.4, -0.2) is 36.7 Å². The SMILES string of the molecule is COc1ccc(C)cc1S(=O)(=O)N(C)[C@@H]1CCCc2c1cnn2C. The van der Waals surface area contributed by atoms with E-state index >= 15 is 0 Å². The summed E-state index contributed by atoms with van der Waals surface area (Å²) >= 11 is 0. The van der Waals surface area contributed by atoms with Crippen molar-refractivity contribution >= 4 is 10.0 Å². The number of rotatable bonds is 4. The molecule has 1 atom stereocenters. The molecule has 1 aliphatic carbocycles. The number of benzene rings is 1. The molecule has 0 saturated carbocycles. The number of aromatic nitrogens is 2. The topological polar surface area (TPSA) is 64.4 Å². The second kappa shape index (κ2) is 6.22. The Morgan fingerprint density at radius 1 is 1.38 bits per heavy atom. The van der Waals surface area contributed by atoms with Gasteiger partial charge in [0.2, 0.25) is 10.0 Å². The van der Waals surface area contributed by atoms with Crippen LogP contribution in [0.15, 0.2) is 29.3 Å². The third kappa shape index (κ3) is 2.71. The van der Waals surface area contributed by atoms with E-state index in [-0.39, 0.29) is 10.9 Å². The Labute approximate surface area is 143 Å². The summed E-state index contributed by atoms with van der Waals surface area (Å²) in [6.45, 7) is 1.87. The van der Waals surface area contributed by atoms with Gasteiger partial charge in [-0.15, -0.1) is 0 Å². The second-order valence-corrected chi connectivity index (χ2v) is 8.22. The van der Waals surface area contributed by atoms with E-state index < -0.39 is 10.0 Å². The number of nitrogens with zero attached hydrogens (tertiary/aromatic N) is 3. The Hall–Kier alpha value is -1.86. The van der Waals surface area contributed by atoms with Crippen molar-refractivity contribution in [2.45, 2.75) is 37.1 Å². The summed E-state index contributed by atoms with van der Waals surface area (Å²) in [5.74, 6) is 0.370. The summed E-state index contributed by atoms with van der Waals surface area (Å²) in [5.41, 5.74) is 3.00. The number of fused-ring (bicyclic) bond motifs is 1. The molecule has 0 saturated heterocycles. The number of hydrogen-bond donors (Lipinski definition) is 0. The fourth-order valence-electron chi connectivity index (χ4n) is 3.37. The number of ether oxygens (including phenoxy) is 1.